The molecular formula is C18H14F2N2O. The number of hydrogen-bond acceptors (Lipinski definition) is 1. The first-order valence-corrected chi connectivity index (χ1v) is 7.08. The third-order valence-electron chi connectivity index (χ3n) is 3.45. The number of nitrogens with zero attached hydrogens (tertiary/aromatic N) is 1. The number of halogens is 2. The van der Waals surface area contributed by atoms with Gasteiger partial charge >= 0.3 is 0 Å². The fraction of sp³-hybridized carbons (Fsp3) is 0.0556. The van der Waals surface area contributed by atoms with Gasteiger partial charge in [-0.3, -0.25) is 4.79 Å². The molecule has 2 aromatic carbocycles. The van der Waals surface area contributed by atoms with Gasteiger partial charge in [0.15, 0.2) is 0 Å². The summed E-state index contributed by atoms with van der Waals surface area (Å²) >= 11 is 0. The summed E-state index contributed by atoms with van der Waals surface area (Å²) in [6.45, 7) is 0.0249. The number of para-hydroxylation sites is 1. The van der Waals surface area contributed by atoms with E-state index in [1.54, 1.807) is 35.2 Å². The molecule has 0 atom stereocenters. The lowest BCUT2D eigenvalue weighted by Gasteiger charge is -2.06. The second-order valence-corrected chi connectivity index (χ2v) is 5.09. The lowest BCUT2D eigenvalue weighted by atomic mass is 10.2. The lowest BCUT2D eigenvalue weighted by Crippen LogP contribution is -2.11. The van der Waals surface area contributed by atoms with Gasteiger partial charge < -0.3 is 9.88 Å². The van der Waals surface area contributed by atoms with Gasteiger partial charge in [0.2, 0.25) is 0 Å². The van der Waals surface area contributed by atoms with Gasteiger partial charge in [0.25, 0.3) is 5.91 Å². The average molecular weight is 312 g/mol. The fourth-order valence-electron chi connectivity index (χ4n) is 2.26. The maximum absolute atomic E-state index is 13.7. The lowest BCUT2D eigenvalue weighted by molar-refractivity contribution is 0.102. The summed E-state index contributed by atoms with van der Waals surface area (Å²) in [4.78, 5) is 12.1. The van der Waals surface area contributed by atoms with Crippen LogP contribution < -0.4 is 5.32 Å². The summed E-state index contributed by atoms with van der Waals surface area (Å²) in [5.74, 6) is -1.48. The first-order chi connectivity index (χ1) is 11.1. The first kappa shape index (κ1) is 15.0. The van der Waals surface area contributed by atoms with Crippen LogP contribution in [-0.4, -0.2) is 10.5 Å². The van der Waals surface area contributed by atoms with Gasteiger partial charge in [-0.15, -0.1) is 0 Å². The Hall–Kier alpha value is -2.95. The Morgan fingerprint density at radius 1 is 0.957 bits per heavy atom. The Bertz CT molecular complexity index is 808. The van der Waals surface area contributed by atoms with Crippen molar-refractivity contribution in [2.45, 2.75) is 6.54 Å². The van der Waals surface area contributed by atoms with Crippen LogP contribution >= 0.6 is 0 Å². The zero-order valence-corrected chi connectivity index (χ0v) is 12.2. The second kappa shape index (κ2) is 6.44. The van der Waals surface area contributed by atoms with Crippen molar-refractivity contribution in [1.29, 1.82) is 0 Å². The molecule has 3 aromatic rings. The van der Waals surface area contributed by atoms with E-state index in [1.807, 2.05) is 18.2 Å². The number of hydrogen-bond donors (Lipinski definition) is 1. The topological polar surface area (TPSA) is 34.0 Å². The van der Waals surface area contributed by atoms with Crippen molar-refractivity contribution in [1.82, 2.24) is 4.57 Å². The molecule has 0 aliphatic carbocycles. The third kappa shape index (κ3) is 3.45. The van der Waals surface area contributed by atoms with E-state index in [0.29, 0.717) is 11.3 Å². The number of aromatic nitrogens is 1. The van der Waals surface area contributed by atoms with E-state index in [-0.39, 0.29) is 18.0 Å². The summed E-state index contributed by atoms with van der Waals surface area (Å²) in [5.41, 5.74) is 1.08. The SMILES string of the molecule is O=C(Nc1ccccc1)c1ccn(Cc2c(F)cccc2F)c1. The van der Waals surface area contributed by atoms with E-state index in [9.17, 15) is 13.6 Å². The van der Waals surface area contributed by atoms with E-state index in [1.165, 1.54) is 18.2 Å². The molecular weight excluding hydrogens is 298 g/mol. The van der Waals surface area contributed by atoms with Crippen LogP contribution in [0.4, 0.5) is 14.5 Å². The minimum atomic E-state index is -0.603. The minimum Gasteiger partial charge on any atom is -0.349 e. The molecule has 1 amide bonds. The highest BCUT2D eigenvalue weighted by molar-refractivity contribution is 6.04. The molecule has 0 saturated heterocycles. The molecule has 0 saturated carbocycles. The van der Waals surface area contributed by atoms with Crippen molar-refractivity contribution in [3.05, 3.63) is 89.8 Å². The molecule has 0 spiro atoms. The molecule has 3 rings (SSSR count). The Kier molecular flexibility index (Phi) is 4.19. The standard InChI is InChI=1S/C18H14F2N2O/c19-16-7-4-8-17(20)15(16)12-22-10-9-13(11-22)18(23)21-14-5-2-1-3-6-14/h1-11H,12H2,(H,21,23). The predicted molar refractivity (Wildman–Crippen MR) is 84.3 cm³/mol. The Morgan fingerprint density at radius 3 is 2.35 bits per heavy atom. The second-order valence-electron chi connectivity index (χ2n) is 5.09. The largest absolute Gasteiger partial charge is 0.349 e. The summed E-state index contributed by atoms with van der Waals surface area (Å²) < 4.78 is 28.9. The van der Waals surface area contributed by atoms with Crippen LogP contribution in [-0.2, 0) is 6.54 Å². The van der Waals surface area contributed by atoms with E-state index in [4.69, 9.17) is 0 Å². The summed E-state index contributed by atoms with van der Waals surface area (Å²) in [6, 6.07) is 14.4. The van der Waals surface area contributed by atoms with Crippen LogP contribution in [0.15, 0.2) is 67.0 Å². The van der Waals surface area contributed by atoms with Gasteiger partial charge in [-0.1, -0.05) is 24.3 Å². The zero-order chi connectivity index (χ0) is 16.2. The van der Waals surface area contributed by atoms with E-state index < -0.39 is 11.6 Å². The maximum atomic E-state index is 13.7. The molecule has 0 aliphatic rings. The maximum Gasteiger partial charge on any atom is 0.257 e. The van der Waals surface area contributed by atoms with E-state index in [2.05, 4.69) is 5.32 Å². The molecule has 116 valence electrons. The molecule has 0 unspecified atom stereocenters. The highest BCUT2D eigenvalue weighted by atomic mass is 19.1. The summed E-state index contributed by atoms with van der Waals surface area (Å²) in [7, 11) is 0. The molecule has 0 aliphatic heterocycles. The number of amides is 1. The first-order valence-electron chi connectivity index (χ1n) is 7.08. The molecule has 0 radical (unpaired) electrons. The fourth-order valence-corrected chi connectivity index (χ4v) is 2.26. The number of benzene rings is 2. The average Bonchev–Trinajstić information content (AvgIpc) is 3.01. The van der Waals surface area contributed by atoms with E-state index >= 15 is 0 Å². The van der Waals surface area contributed by atoms with Crippen LogP contribution in [0.1, 0.15) is 15.9 Å². The van der Waals surface area contributed by atoms with Crippen molar-refractivity contribution in [3.63, 3.8) is 0 Å². The summed E-state index contributed by atoms with van der Waals surface area (Å²) in [5, 5.41) is 2.76. The van der Waals surface area contributed by atoms with E-state index in [0.717, 1.165) is 0 Å². The number of carbonyl (C=O) groups excluding carboxylic acids is 1. The Balaban J connectivity index is 1.74. The number of rotatable bonds is 4. The molecule has 0 fully saturated rings. The normalized spacial score (nSPS) is 10.5. The van der Waals surface area contributed by atoms with Crippen molar-refractivity contribution in [3.8, 4) is 0 Å². The molecule has 1 heterocycles. The van der Waals surface area contributed by atoms with Crippen LogP contribution in [0, 0.1) is 11.6 Å². The van der Waals surface area contributed by atoms with Gasteiger partial charge in [-0.05, 0) is 30.3 Å². The summed E-state index contributed by atoms with van der Waals surface area (Å²) in [6.07, 6.45) is 3.18. The quantitative estimate of drug-likeness (QED) is 0.774. The van der Waals surface area contributed by atoms with Crippen molar-refractivity contribution >= 4 is 11.6 Å². The monoisotopic (exact) mass is 312 g/mol. The number of anilines is 1. The molecule has 3 nitrogen and oxygen atoms in total. The van der Waals surface area contributed by atoms with Crippen molar-refractivity contribution in [2.24, 2.45) is 0 Å². The molecule has 23 heavy (non-hydrogen) atoms. The molecule has 1 aromatic heterocycles. The Morgan fingerprint density at radius 2 is 1.65 bits per heavy atom. The van der Waals surface area contributed by atoms with Crippen molar-refractivity contribution in [2.75, 3.05) is 5.32 Å². The highest BCUT2D eigenvalue weighted by Gasteiger charge is 2.11. The van der Waals surface area contributed by atoms with Crippen LogP contribution in [0.3, 0.4) is 0 Å². The molecule has 5 heteroatoms. The minimum absolute atomic E-state index is 0.0249. The number of carbonyl (C=O) groups is 1. The predicted octanol–water partition coefficient (Wildman–Crippen LogP) is 4.07. The highest BCUT2D eigenvalue weighted by Crippen LogP contribution is 2.15. The van der Waals surface area contributed by atoms with Crippen LogP contribution in [0.2, 0.25) is 0 Å². The van der Waals surface area contributed by atoms with Gasteiger partial charge in [-0.25, -0.2) is 8.78 Å². The van der Waals surface area contributed by atoms with Gasteiger partial charge in [0.1, 0.15) is 11.6 Å². The smallest absolute Gasteiger partial charge is 0.257 e. The van der Waals surface area contributed by atoms with Gasteiger partial charge in [0.05, 0.1) is 12.1 Å². The third-order valence-corrected chi connectivity index (χ3v) is 3.45. The van der Waals surface area contributed by atoms with Gasteiger partial charge in [-0.2, -0.15) is 0 Å². The zero-order valence-electron chi connectivity index (χ0n) is 12.2. The Labute approximate surface area is 132 Å². The number of nitrogens with one attached hydrogen (secondary N) is 1. The van der Waals surface area contributed by atoms with Crippen LogP contribution in [0.5, 0.6) is 0 Å². The molecule has 0 bridgehead atoms. The van der Waals surface area contributed by atoms with Gasteiger partial charge in [0, 0.05) is 23.6 Å². The molecule has 1 N–H and O–H groups in total. The van der Waals surface area contributed by atoms with Crippen LogP contribution in [0.25, 0.3) is 0 Å². The van der Waals surface area contributed by atoms with Crippen molar-refractivity contribution < 1.29 is 13.6 Å².